The largest absolute Gasteiger partial charge is 0.478 e. The third-order valence-corrected chi connectivity index (χ3v) is 4.97. The average Bonchev–Trinajstić information content (AvgIpc) is 2.63. The number of benzene rings is 1. The van der Waals surface area contributed by atoms with Gasteiger partial charge in [0.2, 0.25) is 15.9 Å². The van der Waals surface area contributed by atoms with E-state index in [1.165, 1.54) is 18.3 Å². The third kappa shape index (κ3) is 5.53. The van der Waals surface area contributed by atoms with Crippen LogP contribution in [0.1, 0.15) is 37.0 Å². The topological polar surface area (TPSA) is 97.4 Å². The fourth-order valence-electron chi connectivity index (χ4n) is 2.16. The highest BCUT2D eigenvalue weighted by atomic mass is 32.2. The summed E-state index contributed by atoms with van der Waals surface area (Å²) in [6, 6.07) is 9.33. The Morgan fingerprint density at radius 1 is 1.19 bits per heavy atom. The standard InChI is InChI=1S/C18H23N3O4S/c1-3-5-11-20-26(23,24)16-8-6-7-15(12-16)21-18(22)14-9-10-17(19-13-14)25-4-2/h6-10,12-13,20H,3-5,11H2,1-2H3,(H,21,22). The van der Waals surface area contributed by atoms with E-state index in [0.717, 1.165) is 12.8 Å². The van der Waals surface area contributed by atoms with Crippen molar-refractivity contribution in [3.8, 4) is 5.88 Å². The highest BCUT2D eigenvalue weighted by Gasteiger charge is 2.14. The third-order valence-electron chi connectivity index (χ3n) is 3.52. The molecule has 1 amide bonds. The van der Waals surface area contributed by atoms with Gasteiger partial charge in [0.25, 0.3) is 5.91 Å². The molecule has 1 heterocycles. The first-order valence-electron chi connectivity index (χ1n) is 8.46. The molecule has 2 aromatic rings. The zero-order valence-electron chi connectivity index (χ0n) is 14.9. The summed E-state index contributed by atoms with van der Waals surface area (Å²) in [7, 11) is -3.60. The molecular formula is C18H23N3O4S. The molecule has 1 aromatic heterocycles. The van der Waals surface area contributed by atoms with Crippen LogP contribution in [0, 0.1) is 0 Å². The number of carbonyl (C=O) groups is 1. The summed E-state index contributed by atoms with van der Waals surface area (Å²) in [5, 5.41) is 2.68. The maximum absolute atomic E-state index is 12.3. The van der Waals surface area contributed by atoms with Crippen molar-refractivity contribution in [2.75, 3.05) is 18.5 Å². The number of aromatic nitrogens is 1. The summed E-state index contributed by atoms with van der Waals surface area (Å²) in [5.41, 5.74) is 0.741. The van der Waals surface area contributed by atoms with Gasteiger partial charge in [-0.05, 0) is 37.6 Å². The Balaban J connectivity index is 2.08. The second-order valence-electron chi connectivity index (χ2n) is 5.55. The number of nitrogens with one attached hydrogen (secondary N) is 2. The molecule has 140 valence electrons. The van der Waals surface area contributed by atoms with E-state index in [0.29, 0.717) is 30.3 Å². The molecule has 0 aliphatic heterocycles. The molecule has 0 saturated carbocycles. The summed E-state index contributed by atoms with van der Waals surface area (Å²) >= 11 is 0. The highest BCUT2D eigenvalue weighted by molar-refractivity contribution is 7.89. The van der Waals surface area contributed by atoms with Crippen LogP contribution in [0.5, 0.6) is 5.88 Å². The second-order valence-corrected chi connectivity index (χ2v) is 7.32. The molecule has 0 saturated heterocycles. The van der Waals surface area contributed by atoms with E-state index in [1.807, 2.05) is 13.8 Å². The van der Waals surface area contributed by atoms with Gasteiger partial charge in [0.1, 0.15) is 0 Å². The molecule has 26 heavy (non-hydrogen) atoms. The van der Waals surface area contributed by atoms with Crippen LogP contribution in [-0.2, 0) is 10.0 Å². The van der Waals surface area contributed by atoms with Crippen molar-refractivity contribution in [3.63, 3.8) is 0 Å². The van der Waals surface area contributed by atoms with Crippen molar-refractivity contribution >= 4 is 21.6 Å². The van der Waals surface area contributed by atoms with Crippen molar-refractivity contribution in [2.45, 2.75) is 31.6 Å². The van der Waals surface area contributed by atoms with Gasteiger partial charge in [0.05, 0.1) is 17.1 Å². The molecular weight excluding hydrogens is 354 g/mol. The van der Waals surface area contributed by atoms with Crippen LogP contribution in [0.25, 0.3) is 0 Å². The van der Waals surface area contributed by atoms with Gasteiger partial charge in [-0.15, -0.1) is 0 Å². The number of sulfonamides is 1. The van der Waals surface area contributed by atoms with Crippen LogP contribution in [0.4, 0.5) is 5.69 Å². The lowest BCUT2D eigenvalue weighted by Crippen LogP contribution is -2.24. The van der Waals surface area contributed by atoms with E-state index in [1.54, 1.807) is 24.3 Å². The lowest BCUT2D eigenvalue weighted by Gasteiger charge is -2.09. The molecule has 7 nitrogen and oxygen atoms in total. The van der Waals surface area contributed by atoms with Gasteiger partial charge in [-0.25, -0.2) is 18.1 Å². The van der Waals surface area contributed by atoms with Gasteiger partial charge >= 0.3 is 0 Å². The Morgan fingerprint density at radius 2 is 2.00 bits per heavy atom. The minimum Gasteiger partial charge on any atom is -0.478 e. The van der Waals surface area contributed by atoms with E-state index in [-0.39, 0.29) is 10.8 Å². The number of nitrogens with zero attached hydrogens (tertiary/aromatic N) is 1. The molecule has 8 heteroatoms. The van der Waals surface area contributed by atoms with E-state index in [4.69, 9.17) is 4.74 Å². The molecule has 0 radical (unpaired) electrons. The molecule has 0 spiro atoms. The van der Waals surface area contributed by atoms with Crippen molar-refractivity contribution in [1.82, 2.24) is 9.71 Å². The van der Waals surface area contributed by atoms with Crippen molar-refractivity contribution in [1.29, 1.82) is 0 Å². The molecule has 0 aliphatic carbocycles. The first-order valence-corrected chi connectivity index (χ1v) is 9.94. The van der Waals surface area contributed by atoms with Crippen LogP contribution in [0.15, 0.2) is 47.5 Å². The molecule has 0 unspecified atom stereocenters. The Bertz CT molecular complexity index is 836. The van der Waals surface area contributed by atoms with Gasteiger partial charge in [0.15, 0.2) is 0 Å². The Labute approximate surface area is 153 Å². The number of amides is 1. The first kappa shape index (κ1) is 19.9. The molecule has 2 rings (SSSR count). The fraction of sp³-hybridized carbons (Fsp3) is 0.333. The first-order chi connectivity index (χ1) is 12.5. The molecule has 0 atom stereocenters. The number of anilines is 1. The summed E-state index contributed by atoms with van der Waals surface area (Å²) in [5.74, 6) is 0.0596. The summed E-state index contributed by atoms with van der Waals surface area (Å²) < 4.78 is 32.3. The van der Waals surface area contributed by atoms with Gasteiger partial charge < -0.3 is 10.1 Å². The summed E-state index contributed by atoms with van der Waals surface area (Å²) in [6.07, 6.45) is 3.07. The average molecular weight is 377 g/mol. The van der Waals surface area contributed by atoms with Crippen LogP contribution in [0.2, 0.25) is 0 Å². The van der Waals surface area contributed by atoms with Crippen molar-refractivity contribution < 1.29 is 17.9 Å². The van der Waals surface area contributed by atoms with Crippen LogP contribution in [0.3, 0.4) is 0 Å². The van der Waals surface area contributed by atoms with Gasteiger partial charge in [-0.2, -0.15) is 0 Å². The van der Waals surface area contributed by atoms with Gasteiger partial charge in [0, 0.05) is 24.5 Å². The van der Waals surface area contributed by atoms with E-state index in [9.17, 15) is 13.2 Å². The number of hydrogen-bond acceptors (Lipinski definition) is 5. The molecule has 0 fully saturated rings. The predicted octanol–water partition coefficient (Wildman–Crippen LogP) is 2.81. The molecule has 1 aromatic carbocycles. The van der Waals surface area contributed by atoms with E-state index in [2.05, 4.69) is 15.0 Å². The Kier molecular flexibility index (Phi) is 7.11. The quantitative estimate of drug-likeness (QED) is 0.655. The van der Waals surface area contributed by atoms with Crippen molar-refractivity contribution in [2.24, 2.45) is 0 Å². The number of unbranched alkanes of at least 4 members (excludes halogenated alkanes) is 1. The van der Waals surface area contributed by atoms with Crippen LogP contribution in [-0.4, -0.2) is 32.5 Å². The fourth-order valence-corrected chi connectivity index (χ4v) is 3.28. The Hall–Kier alpha value is -2.45. The lowest BCUT2D eigenvalue weighted by molar-refractivity contribution is 0.102. The minimum absolute atomic E-state index is 0.108. The number of rotatable bonds is 9. The summed E-state index contributed by atoms with van der Waals surface area (Å²) in [6.45, 7) is 4.71. The van der Waals surface area contributed by atoms with Crippen LogP contribution >= 0.6 is 0 Å². The molecule has 0 aliphatic rings. The number of pyridine rings is 1. The van der Waals surface area contributed by atoms with Crippen molar-refractivity contribution in [3.05, 3.63) is 48.2 Å². The number of ether oxygens (including phenoxy) is 1. The maximum Gasteiger partial charge on any atom is 0.257 e. The zero-order chi connectivity index (χ0) is 19.0. The number of hydrogen-bond donors (Lipinski definition) is 2. The van der Waals surface area contributed by atoms with Gasteiger partial charge in [-0.3, -0.25) is 4.79 Å². The maximum atomic E-state index is 12.3. The Morgan fingerprint density at radius 3 is 2.65 bits per heavy atom. The highest BCUT2D eigenvalue weighted by Crippen LogP contribution is 2.17. The monoisotopic (exact) mass is 377 g/mol. The minimum atomic E-state index is -3.60. The van der Waals surface area contributed by atoms with Gasteiger partial charge in [-0.1, -0.05) is 19.4 Å². The molecule has 0 bridgehead atoms. The van der Waals surface area contributed by atoms with Crippen LogP contribution < -0.4 is 14.8 Å². The van der Waals surface area contributed by atoms with E-state index < -0.39 is 10.0 Å². The summed E-state index contributed by atoms with van der Waals surface area (Å²) in [4.78, 5) is 16.4. The van der Waals surface area contributed by atoms with E-state index >= 15 is 0 Å². The predicted molar refractivity (Wildman–Crippen MR) is 99.9 cm³/mol. The SMILES string of the molecule is CCCCNS(=O)(=O)c1cccc(NC(=O)c2ccc(OCC)nc2)c1. The lowest BCUT2D eigenvalue weighted by atomic mass is 10.2. The smallest absolute Gasteiger partial charge is 0.257 e. The molecule has 2 N–H and O–H groups in total. The zero-order valence-corrected chi connectivity index (χ0v) is 15.7. The normalized spacial score (nSPS) is 11.2. The number of carbonyl (C=O) groups excluding carboxylic acids is 1. The second kappa shape index (κ2) is 9.30.